The number of alkyl halides is 2. The highest BCUT2D eigenvalue weighted by atomic mass is 19.3. The molecule has 1 heterocycles. The van der Waals surface area contributed by atoms with Crippen LogP contribution in [-0.4, -0.2) is 41.4 Å². The lowest BCUT2D eigenvalue weighted by Crippen LogP contribution is -2.32. The van der Waals surface area contributed by atoms with Crippen molar-refractivity contribution in [2.75, 3.05) is 11.9 Å². The number of ether oxygens (including phenoxy) is 1. The number of guanidine groups is 1. The molecule has 0 aliphatic carbocycles. The minimum atomic E-state index is -2.86. The molecule has 2 aromatic rings. The summed E-state index contributed by atoms with van der Waals surface area (Å²) < 4.78 is 28.9. The number of halogens is 2. The molecule has 30 heavy (non-hydrogen) atoms. The number of aliphatic hydroxyl groups is 1. The normalized spacial score (nSPS) is 16.9. The lowest BCUT2D eigenvalue weighted by molar-refractivity contribution is -0.139. The number of aliphatic carboxylic acids is 1. The van der Waals surface area contributed by atoms with Crippen molar-refractivity contribution in [3.8, 4) is 5.75 Å². The Morgan fingerprint density at radius 3 is 2.40 bits per heavy atom. The van der Waals surface area contributed by atoms with Gasteiger partial charge in [-0.15, -0.1) is 0 Å². The standard InChI is InChI=1S/C21H21F2N3O4/c1-12-17(13-4-8-16(9-5-13)30-20(22)23)10-24-21(25-12)26-15-6-2-14(3-7-15)18(11-27)19(28)29/h2-10,12,18,20,27H,11H2,1H3,(H,28,29)(H2,24,25,26). The Bertz CT molecular complexity index is 944. The third-order valence-corrected chi connectivity index (χ3v) is 4.61. The molecule has 7 nitrogen and oxygen atoms in total. The summed E-state index contributed by atoms with van der Waals surface area (Å²) in [5.74, 6) is -1.45. The lowest BCUT2D eigenvalue weighted by atomic mass is 10.00. The highest BCUT2D eigenvalue weighted by molar-refractivity contribution is 5.97. The maximum atomic E-state index is 12.3. The fourth-order valence-corrected chi connectivity index (χ4v) is 3.05. The van der Waals surface area contributed by atoms with E-state index in [1.54, 1.807) is 42.6 Å². The summed E-state index contributed by atoms with van der Waals surface area (Å²) >= 11 is 0. The fourth-order valence-electron chi connectivity index (χ4n) is 3.05. The van der Waals surface area contributed by atoms with Crippen LogP contribution >= 0.6 is 0 Å². The van der Waals surface area contributed by atoms with Crippen molar-refractivity contribution in [2.24, 2.45) is 4.99 Å². The van der Waals surface area contributed by atoms with Gasteiger partial charge in [-0.05, 0) is 47.9 Å². The monoisotopic (exact) mass is 417 g/mol. The molecule has 0 fully saturated rings. The molecule has 0 saturated heterocycles. The molecule has 2 aromatic carbocycles. The molecule has 3 rings (SSSR count). The number of carboxylic acid groups (broad SMARTS) is 1. The first-order valence-electron chi connectivity index (χ1n) is 9.17. The van der Waals surface area contributed by atoms with E-state index in [4.69, 9.17) is 5.11 Å². The zero-order valence-corrected chi connectivity index (χ0v) is 16.0. The number of anilines is 1. The van der Waals surface area contributed by atoms with Gasteiger partial charge in [0, 0.05) is 11.9 Å². The predicted molar refractivity (Wildman–Crippen MR) is 109 cm³/mol. The van der Waals surface area contributed by atoms with Crippen LogP contribution in [-0.2, 0) is 4.79 Å². The van der Waals surface area contributed by atoms with E-state index >= 15 is 0 Å². The molecular formula is C21H21F2N3O4. The predicted octanol–water partition coefficient (Wildman–Crippen LogP) is 3.25. The van der Waals surface area contributed by atoms with Crippen molar-refractivity contribution in [1.29, 1.82) is 0 Å². The molecule has 0 amide bonds. The van der Waals surface area contributed by atoms with Gasteiger partial charge in [0.25, 0.3) is 0 Å². The van der Waals surface area contributed by atoms with Crippen molar-refractivity contribution in [3.63, 3.8) is 0 Å². The SMILES string of the molecule is CC1N=C(Nc2ccc(C(CO)C(=O)O)cc2)NC=C1c1ccc(OC(F)F)cc1. The van der Waals surface area contributed by atoms with Crippen LogP contribution in [0.3, 0.4) is 0 Å². The van der Waals surface area contributed by atoms with E-state index in [0.29, 0.717) is 17.2 Å². The number of aliphatic hydroxyl groups excluding tert-OH is 1. The number of carbonyl (C=O) groups is 1. The lowest BCUT2D eigenvalue weighted by Gasteiger charge is -2.22. The third kappa shape index (κ3) is 5.12. The number of nitrogens with one attached hydrogen (secondary N) is 2. The van der Waals surface area contributed by atoms with Crippen LogP contribution in [0.5, 0.6) is 5.75 Å². The highest BCUT2D eigenvalue weighted by Gasteiger charge is 2.19. The summed E-state index contributed by atoms with van der Waals surface area (Å²) in [6.07, 6.45) is 1.78. The van der Waals surface area contributed by atoms with Crippen LogP contribution in [0, 0.1) is 0 Å². The molecule has 9 heteroatoms. The van der Waals surface area contributed by atoms with Crippen LogP contribution < -0.4 is 15.4 Å². The van der Waals surface area contributed by atoms with E-state index in [0.717, 1.165) is 11.1 Å². The summed E-state index contributed by atoms with van der Waals surface area (Å²) in [7, 11) is 0. The van der Waals surface area contributed by atoms with Gasteiger partial charge in [-0.25, -0.2) is 4.99 Å². The Hall–Kier alpha value is -3.46. The second-order valence-corrected chi connectivity index (χ2v) is 6.62. The van der Waals surface area contributed by atoms with Crippen molar-refractivity contribution in [2.45, 2.75) is 25.5 Å². The number of hydrogen-bond acceptors (Lipinski definition) is 6. The summed E-state index contributed by atoms with van der Waals surface area (Å²) in [5, 5.41) is 24.5. The van der Waals surface area contributed by atoms with Crippen LogP contribution in [0.15, 0.2) is 59.7 Å². The van der Waals surface area contributed by atoms with Crippen LogP contribution in [0.2, 0.25) is 0 Å². The van der Waals surface area contributed by atoms with Crippen molar-refractivity contribution < 1.29 is 28.5 Å². The second-order valence-electron chi connectivity index (χ2n) is 6.62. The van der Waals surface area contributed by atoms with Crippen molar-refractivity contribution in [3.05, 3.63) is 65.9 Å². The Morgan fingerprint density at radius 1 is 1.20 bits per heavy atom. The molecule has 4 N–H and O–H groups in total. The minimum Gasteiger partial charge on any atom is -0.481 e. The minimum absolute atomic E-state index is 0.0893. The molecule has 0 bridgehead atoms. The molecule has 1 aliphatic rings. The average molecular weight is 417 g/mol. The Balaban J connectivity index is 1.65. The highest BCUT2D eigenvalue weighted by Crippen LogP contribution is 2.25. The Labute approximate surface area is 171 Å². The molecule has 2 unspecified atom stereocenters. The average Bonchev–Trinajstić information content (AvgIpc) is 2.70. The topological polar surface area (TPSA) is 103 Å². The molecule has 0 saturated carbocycles. The van der Waals surface area contributed by atoms with Gasteiger partial charge in [-0.2, -0.15) is 8.78 Å². The zero-order valence-electron chi connectivity index (χ0n) is 16.0. The zero-order chi connectivity index (χ0) is 21.7. The van der Waals surface area contributed by atoms with Gasteiger partial charge < -0.3 is 25.6 Å². The first kappa shape index (κ1) is 21.3. The smallest absolute Gasteiger partial charge is 0.387 e. The Morgan fingerprint density at radius 2 is 1.87 bits per heavy atom. The number of hydrogen-bond donors (Lipinski definition) is 4. The van der Waals surface area contributed by atoms with E-state index < -0.39 is 25.1 Å². The van der Waals surface area contributed by atoms with Gasteiger partial charge in [0.15, 0.2) is 5.96 Å². The quantitative estimate of drug-likeness (QED) is 0.552. The fraction of sp³-hybridized carbons (Fsp3) is 0.238. The van der Waals surface area contributed by atoms with E-state index in [2.05, 4.69) is 20.4 Å². The van der Waals surface area contributed by atoms with Crippen molar-refractivity contribution in [1.82, 2.24) is 5.32 Å². The van der Waals surface area contributed by atoms with E-state index in [9.17, 15) is 18.7 Å². The van der Waals surface area contributed by atoms with E-state index in [-0.39, 0.29) is 11.8 Å². The maximum absolute atomic E-state index is 12.3. The molecule has 0 aromatic heterocycles. The third-order valence-electron chi connectivity index (χ3n) is 4.61. The molecule has 0 spiro atoms. The summed E-state index contributed by atoms with van der Waals surface area (Å²) in [6, 6.07) is 12.8. The maximum Gasteiger partial charge on any atom is 0.387 e. The summed E-state index contributed by atoms with van der Waals surface area (Å²) in [6.45, 7) is -1.44. The molecule has 1 aliphatic heterocycles. The van der Waals surface area contributed by atoms with Gasteiger partial charge in [0.1, 0.15) is 11.7 Å². The van der Waals surface area contributed by atoms with Crippen LogP contribution in [0.25, 0.3) is 5.57 Å². The first-order valence-corrected chi connectivity index (χ1v) is 9.17. The molecule has 2 atom stereocenters. The molecule has 158 valence electrons. The Kier molecular flexibility index (Phi) is 6.63. The second kappa shape index (κ2) is 9.36. The number of nitrogens with zero attached hydrogens (tertiary/aromatic N) is 1. The first-order chi connectivity index (χ1) is 14.4. The van der Waals surface area contributed by atoms with E-state index in [1.807, 2.05) is 6.92 Å². The van der Waals surface area contributed by atoms with Crippen molar-refractivity contribution >= 4 is 23.2 Å². The van der Waals surface area contributed by atoms with Crippen LogP contribution in [0.4, 0.5) is 14.5 Å². The number of aliphatic imine (C=N–C) groups is 1. The molecule has 0 radical (unpaired) electrons. The van der Waals surface area contributed by atoms with E-state index in [1.165, 1.54) is 12.1 Å². The van der Waals surface area contributed by atoms with Gasteiger partial charge in [-0.3, -0.25) is 4.79 Å². The molecular weight excluding hydrogens is 396 g/mol. The van der Waals surface area contributed by atoms with Gasteiger partial charge in [-0.1, -0.05) is 24.3 Å². The van der Waals surface area contributed by atoms with Gasteiger partial charge >= 0.3 is 12.6 Å². The number of rotatable bonds is 7. The number of benzene rings is 2. The summed E-state index contributed by atoms with van der Waals surface area (Å²) in [5.41, 5.74) is 2.91. The largest absolute Gasteiger partial charge is 0.481 e. The number of carboxylic acids is 1. The van der Waals surface area contributed by atoms with Gasteiger partial charge in [0.05, 0.1) is 12.6 Å². The van der Waals surface area contributed by atoms with Gasteiger partial charge in [0.2, 0.25) is 0 Å². The van der Waals surface area contributed by atoms with Crippen LogP contribution in [0.1, 0.15) is 24.0 Å². The summed E-state index contributed by atoms with van der Waals surface area (Å²) in [4.78, 5) is 15.7.